The zero-order valence-electron chi connectivity index (χ0n) is 9.76. The number of nitrogens with zero attached hydrogens (tertiary/aromatic N) is 1. The van der Waals surface area contributed by atoms with Crippen LogP contribution < -0.4 is 5.32 Å². The lowest BCUT2D eigenvalue weighted by Gasteiger charge is -2.30. The maximum atomic E-state index is 11.7. The predicted molar refractivity (Wildman–Crippen MR) is 65.2 cm³/mol. The van der Waals surface area contributed by atoms with Crippen LogP contribution in [0.1, 0.15) is 13.3 Å². The third-order valence-electron chi connectivity index (χ3n) is 2.51. The van der Waals surface area contributed by atoms with Crippen molar-refractivity contribution in [2.24, 2.45) is 0 Å². The minimum Gasteiger partial charge on any atom is -0.479 e. The number of carbonyl (C=O) groups excluding carboxylic acids is 1. The molecule has 0 aliphatic carbocycles. The molecule has 7 heteroatoms. The number of thioether (sulfide) groups is 1. The molecule has 0 aromatic rings. The van der Waals surface area contributed by atoms with E-state index in [0.717, 1.165) is 5.75 Å². The maximum absolute atomic E-state index is 11.7. The monoisotopic (exact) mass is 262 g/mol. The Morgan fingerprint density at radius 2 is 2.29 bits per heavy atom. The van der Waals surface area contributed by atoms with E-state index in [2.05, 4.69) is 12.2 Å². The second-order valence-electron chi connectivity index (χ2n) is 4.00. The lowest BCUT2D eigenvalue weighted by atomic mass is 10.2. The van der Waals surface area contributed by atoms with Gasteiger partial charge in [0.25, 0.3) is 0 Å². The standard InChI is InChI=1S/C10H18N2O4S/c1-7-6-12(4-5-17-7)10(16)11-3-2-8(13)9(14)15/h7-8,13H,2-6H2,1H3,(H,11,16)(H,14,15)/t7?,8-/m0/s1. The Hall–Kier alpha value is -0.950. The Morgan fingerprint density at radius 3 is 2.88 bits per heavy atom. The van der Waals surface area contributed by atoms with E-state index in [-0.39, 0.29) is 19.0 Å². The fourth-order valence-corrected chi connectivity index (χ4v) is 2.57. The topological polar surface area (TPSA) is 89.9 Å². The first-order valence-corrected chi connectivity index (χ1v) is 6.61. The van der Waals surface area contributed by atoms with Crippen molar-refractivity contribution in [3.05, 3.63) is 0 Å². The first kappa shape index (κ1) is 14.1. The Kier molecular flexibility index (Phi) is 5.57. The van der Waals surface area contributed by atoms with E-state index in [1.807, 2.05) is 11.8 Å². The molecule has 1 fully saturated rings. The van der Waals surface area contributed by atoms with Crippen molar-refractivity contribution in [2.45, 2.75) is 24.7 Å². The second kappa shape index (κ2) is 6.70. The van der Waals surface area contributed by atoms with Gasteiger partial charge in [0, 0.05) is 37.1 Å². The van der Waals surface area contributed by atoms with Crippen LogP contribution in [0.4, 0.5) is 4.79 Å². The van der Waals surface area contributed by atoms with Crippen molar-refractivity contribution in [2.75, 3.05) is 25.4 Å². The van der Waals surface area contributed by atoms with Crippen molar-refractivity contribution < 1.29 is 19.8 Å². The van der Waals surface area contributed by atoms with E-state index in [0.29, 0.717) is 18.3 Å². The van der Waals surface area contributed by atoms with Crippen LogP contribution in [-0.4, -0.2) is 63.9 Å². The Morgan fingerprint density at radius 1 is 1.59 bits per heavy atom. The van der Waals surface area contributed by atoms with Crippen LogP contribution in [0.3, 0.4) is 0 Å². The number of carboxylic acids is 1. The minimum atomic E-state index is -1.41. The molecule has 1 unspecified atom stereocenters. The number of nitrogens with one attached hydrogen (secondary N) is 1. The molecule has 0 saturated carbocycles. The third kappa shape index (κ3) is 4.82. The van der Waals surface area contributed by atoms with Gasteiger partial charge >= 0.3 is 12.0 Å². The number of hydrogen-bond acceptors (Lipinski definition) is 4. The molecule has 2 amide bonds. The minimum absolute atomic E-state index is 0.0270. The van der Waals surface area contributed by atoms with Crippen molar-refractivity contribution in [3.63, 3.8) is 0 Å². The molecule has 0 radical (unpaired) electrons. The molecule has 0 spiro atoms. The summed E-state index contributed by atoms with van der Waals surface area (Å²) in [6, 6.07) is -0.185. The molecule has 0 aromatic heterocycles. The van der Waals surface area contributed by atoms with Crippen LogP contribution in [0.25, 0.3) is 0 Å². The molecule has 1 saturated heterocycles. The Bertz CT molecular complexity index is 287. The van der Waals surface area contributed by atoms with Crippen LogP contribution >= 0.6 is 11.8 Å². The summed E-state index contributed by atoms with van der Waals surface area (Å²) in [4.78, 5) is 23.7. The quantitative estimate of drug-likeness (QED) is 0.662. The van der Waals surface area contributed by atoms with E-state index in [1.165, 1.54) is 0 Å². The summed E-state index contributed by atoms with van der Waals surface area (Å²) in [7, 11) is 0. The molecule has 0 aromatic carbocycles. The zero-order valence-corrected chi connectivity index (χ0v) is 10.6. The number of aliphatic hydroxyl groups excluding tert-OH is 1. The van der Waals surface area contributed by atoms with Crippen molar-refractivity contribution in [1.82, 2.24) is 10.2 Å². The van der Waals surface area contributed by atoms with E-state index in [4.69, 9.17) is 10.2 Å². The number of carboxylic acid groups (broad SMARTS) is 1. The summed E-state index contributed by atoms with van der Waals surface area (Å²) in [5.74, 6) is -0.339. The molecule has 0 bridgehead atoms. The third-order valence-corrected chi connectivity index (χ3v) is 3.64. The summed E-state index contributed by atoms with van der Waals surface area (Å²) < 4.78 is 0. The highest BCUT2D eigenvalue weighted by Crippen LogP contribution is 2.17. The number of rotatable bonds is 4. The Balaban J connectivity index is 2.22. The molecule has 1 heterocycles. The predicted octanol–water partition coefficient (Wildman–Crippen LogP) is -0.0311. The first-order chi connectivity index (χ1) is 8.00. The van der Waals surface area contributed by atoms with Gasteiger partial charge in [0.1, 0.15) is 0 Å². The highest BCUT2D eigenvalue weighted by molar-refractivity contribution is 7.99. The van der Waals surface area contributed by atoms with Crippen molar-refractivity contribution >= 4 is 23.8 Å². The highest BCUT2D eigenvalue weighted by atomic mass is 32.2. The average molecular weight is 262 g/mol. The smallest absolute Gasteiger partial charge is 0.332 e. The summed E-state index contributed by atoms with van der Waals surface area (Å²) in [5.41, 5.74) is 0. The molecule has 6 nitrogen and oxygen atoms in total. The molecule has 2 atom stereocenters. The SMILES string of the molecule is CC1CN(C(=O)NCC[C@H](O)C(=O)O)CCS1. The Labute approximate surface area is 104 Å². The van der Waals surface area contributed by atoms with Crippen LogP contribution in [-0.2, 0) is 4.79 Å². The fourth-order valence-electron chi connectivity index (χ4n) is 1.55. The number of hydrogen-bond donors (Lipinski definition) is 3. The van der Waals surface area contributed by atoms with Gasteiger partial charge in [0.2, 0.25) is 0 Å². The van der Waals surface area contributed by atoms with Gasteiger partial charge in [0.15, 0.2) is 6.10 Å². The van der Waals surface area contributed by atoms with E-state index in [9.17, 15) is 9.59 Å². The van der Waals surface area contributed by atoms with Gasteiger partial charge in [-0.3, -0.25) is 0 Å². The molecule has 1 aliphatic heterocycles. The maximum Gasteiger partial charge on any atom is 0.332 e. The largest absolute Gasteiger partial charge is 0.479 e. The van der Waals surface area contributed by atoms with Gasteiger partial charge in [-0.2, -0.15) is 11.8 Å². The average Bonchev–Trinajstić information content (AvgIpc) is 2.28. The van der Waals surface area contributed by atoms with Crippen molar-refractivity contribution in [1.29, 1.82) is 0 Å². The fraction of sp³-hybridized carbons (Fsp3) is 0.800. The van der Waals surface area contributed by atoms with Gasteiger partial charge in [-0.05, 0) is 0 Å². The lowest BCUT2D eigenvalue weighted by molar-refractivity contribution is -0.146. The molecule has 1 rings (SSSR count). The van der Waals surface area contributed by atoms with E-state index in [1.54, 1.807) is 4.90 Å². The first-order valence-electron chi connectivity index (χ1n) is 5.56. The van der Waals surface area contributed by atoms with E-state index >= 15 is 0 Å². The number of urea groups is 1. The number of amides is 2. The van der Waals surface area contributed by atoms with Gasteiger partial charge in [-0.15, -0.1) is 0 Å². The number of aliphatic carboxylic acids is 1. The van der Waals surface area contributed by atoms with Gasteiger partial charge < -0.3 is 20.4 Å². The van der Waals surface area contributed by atoms with Crippen LogP contribution in [0, 0.1) is 0 Å². The van der Waals surface area contributed by atoms with Crippen LogP contribution in [0.15, 0.2) is 0 Å². The zero-order chi connectivity index (χ0) is 12.8. The molecular weight excluding hydrogens is 244 g/mol. The van der Waals surface area contributed by atoms with Crippen LogP contribution in [0.2, 0.25) is 0 Å². The molecular formula is C10H18N2O4S. The lowest BCUT2D eigenvalue weighted by Crippen LogP contribution is -2.47. The summed E-state index contributed by atoms with van der Waals surface area (Å²) >= 11 is 1.83. The molecule has 1 aliphatic rings. The second-order valence-corrected chi connectivity index (χ2v) is 5.55. The van der Waals surface area contributed by atoms with Gasteiger partial charge in [0.05, 0.1) is 0 Å². The molecule has 3 N–H and O–H groups in total. The molecule has 17 heavy (non-hydrogen) atoms. The normalized spacial score (nSPS) is 22.0. The van der Waals surface area contributed by atoms with E-state index < -0.39 is 12.1 Å². The summed E-state index contributed by atoms with van der Waals surface area (Å²) in [6.07, 6.45) is -1.38. The van der Waals surface area contributed by atoms with Gasteiger partial charge in [-0.1, -0.05) is 6.92 Å². The number of aliphatic hydroxyl groups is 1. The van der Waals surface area contributed by atoms with Gasteiger partial charge in [-0.25, -0.2) is 9.59 Å². The van der Waals surface area contributed by atoms with Crippen molar-refractivity contribution in [3.8, 4) is 0 Å². The summed E-state index contributed by atoms with van der Waals surface area (Å²) in [5, 5.41) is 20.5. The summed E-state index contributed by atoms with van der Waals surface area (Å²) in [6.45, 7) is 3.66. The number of carbonyl (C=O) groups is 2. The molecule has 98 valence electrons. The highest BCUT2D eigenvalue weighted by Gasteiger charge is 2.21. The van der Waals surface area contributed by atoms with Crippen LogP contribution in [0.5, 0.6) is 0 Å².